The van der Waals surface area contributed by atoms with Gasteiger partial charge in [-0.05, 0) is 33.5 Å². The van der Waals surface area contributed by atoms with Gasteiger partial charge in [-0.15, -0.1) is 0 Å². The van der Waals surface area contributed by atoms with Crippen LogP contribution in [0.5, 0.6) is 0 Å². The quantitative estimate of drug-likeness (QED) is 0.863. The van der Waals surface area contributed by atoms with Crippen LogP contribution in [0, 0.1) is 5.92 Å². The van der Waals surface area contributed by atoms with Crippen molar-refractivity contribution in [3.05, 3.63) is 33.3 Å². The predicted molar refractivity (Wildman–Crippen MR) is 60.9 cm³/mol. The molecule has 0 fully saturated rings. The van der Waals surface area contributed by atoms with E-state index in [0.29, 0.717) is 10.9 Å². The Labute approximate surface area is 92.4 Å². The van der Waals surface area contributed by atoms with E-state index in [1.807, 2.05) is 18.2 Å². The fourth-order valence-corrected chi connectivity index (χ4v) is 1.85. The van der Waals surface area contributed by atoms with Gasteiger partial charge in [0.05, 0.1) is 5.02 Å². The molecule has 0 aliphatic carbocycles. The Morgan fingerprint density at radius 2 is 2.00 bits per heavy atom. The molecule has 0 aromatic heterocycles. The van der Waals surface area contributed by atoms with Gasteiger partial charge in [0.25, 0.3) is 0 Å². The predicted octanol–water partition coefficient (Wildman–Crippen LogP) is 3.76. The highest BCUT2D eigenvalue weighted by Crippen LogP contribution is 2.31. The van der Waals surface area contributed by atoms with Crippen molar-refractivity contribution >= 4 is 27.5 Å². The molecule has 0 heterocycles. The second-order valence-electron chi connectivity index (χ2n) is 3.41. The van der Waals surface area contributed by atoms with Crippen molar-refractivity contribution in [1.29, 1.82) is 0 Å². The Bertz CT molecular complexity index is 299. The first kappa shape index (κ1) is 11.0. The number of halogens is 2. The first-order chi connectivity index (χ1) is 6.04. The Morgan fingerprint density at radius 3 is 2.54 bits per heavy atom. The molecule has 72 valence electrons. The van der Waals surface area contributed by atoms with E-state index in [1.54, 1.807) is 0 Å². The number of nitrogens with two attached hydrogens (primary N) is 1. The second-order valence-corrected chi connectivity index (χ2v) is 4.61. The van der Waals surface area contributed by atoms with E-state index in [4.69, 9.17) is 17.3 Å². The van der Waals surface area contributed by atoms with Crippen LogP contribution in [0.25, 0.3) is 0 Å². The standard InChI is InChI=1S/C10H13BrClN/c1-6(2)10(13)7-4-3-5-8(12)9(7)11/h3-6,10H,13H2,1-2H3/t10-/m0/s1. The summed E-state index contributed by atoms with van der Waals surface area (Å²) in [6.07, 6.45) is 0. The van der Waals surface area contributed by atoms with Crippen LogP contribution in [-0.4, -0.2) is 0 Å². The van der Waals surface area contributed by atoms with Gasteiger partial charge in [0.15, 0.2) is 0 Å². The van der Waals surface area contributed by atoms with Crippen molar-refractivity contribution in [2.24, 2.45) is 11.7 Å². The van der Waals surface area contributed by atoms with Crippen LogP contribution in [0.2, 0.25) is 5.02 Å². The molecule has 0 bridgehead atoms. The van der Waals surface area contributed by atoms with Crippen molar-refractivity contribution in [3.8, 4) is 0 Å². The topological polar surface area (TPSA) is 26.0 Å². The van der Waals surface area contributed by atoms with E-state index in [-0.39, 0.29) is 6.04 Å². The van der Waals surface area contributed by atoms with Gasteiger partial charge in [-0.2, -0.15) is 0 Å². The Balaban J connectivity index is 3.07. The van der Waals surface area contributed by atoms with Crippen LogP contribution in [0.15, 0.2) is 22.7 Å². The SMILES string of the molecule is CC(C)[C@H](N)c1cccc(Cl)c1Br. The van der Waals surface area contributed by atoms with Crippen LogP contribution in [0.1, 0.15) is 25.5 Å². The number of hydrogen-bond acceptors (Lipinski definition) is 1. The normalized spacial score (nSPS) is 13.4. The van der Waals surface area contributed by atoms with E-state index in [9.17, 15) is 0 Å². The smallest absolute Gasteiger partial charge is 0.0551 e. The van der Waals surface area contributed by atoms with Crippen LogP contribution in [-0.2, 0) is 0 Å². The molecule has 13 heavy (non-hydrogen) atoms. The number of benzene rings is 1. The molecular weight excluding hydrogens is 249 g/mol. The summed E-state index contributed by atoms with van der Waals surface area (Å²) in [5, 5.41) is 0.716. The van der Waals surface area contributed by atoms with Crippen LogP contribution < -0.4 is 5.73 Å². The van der Waals surface area contributed by atoms with Gasteiger partial charge in [-0.3, -0.25) is 0 Å². The first-order valence-electron chi connectivity index (χ1n) is 4.23. The van der Waals surface area contributed by atoms with Crippen molar-refractivity contribution < 1.29 is 0 Å². The van der Waals surface area contributed by atoms with Crippen LogP contribution >= 0.6 is 27.5 Å². The number of rotatable bonds is 2. The molecule has 0 amide bonds. The Hall–Kier alpha value is -0.0500. The molecule has 1 aromatic carbocycles. The highest BCUT2D eigenvalue weighted by Gasteiger charge is 2.14. The molecule has 0 saturated carbocycles. The molecule has 0 saturated heterocycles. The lowest BCUT2D eigenvalue weighted by Crippen LogP contribution is -2.17. The van der Waals surface area contributed by atoms with Gasteiger partial charge in [0, 0.05) is 10.5 Å². The molecule has 3 heteroatoms. The molecule has 0 unspecified atom stereocenters. The molecule has 1 atom stereocenters. The zero-order valence-electron chi connectivity index (χ0n) is 7.72. The molecule has 0 aliphatic heterocycles. The summed E-state index contributed by atoms with van der Waals surface area (Å²) in [7, 11) is 0. The molecule has 1 nitrogen and oxygen atoms in total. The minimum Gasteiger partial charge on any atom is -0.324 e. The van der Waals surface area contributed by atoms with Gasteiger partial charge in [-0.25, -0.2) is 0 Å². The maximum atomic E-state index is 6.02. The third kappa shape index (κ3) is 2.46. The first-order valence-corrected chi connectivity index (χ1v) is 5.40. The summed E-state index contributed by atoms with van der Waals surface area (Å²) in [4.78, 5) is 0. The average molecular weight is 263 g/mol. The van der Waals surface area contributed by atoms with Crippen molar-refractivity contribution in [2.75, 3.05) is 0 Å². The fourth-order valence-electron chi connectivity index (χ4n) is 1.14. The maximum Gasteiger partial charge on any atom is 0.0551 e. The minimum atomic E-state index is 0.0353. The van der Waals surface area contributed by atoms with Crippen molar-refractivity contribution in [3.63, 3.8) is 0 Å². The summed E-state index contributed by atoms with van der Waals surface area (Å²) in [5.41, 5.74) is 7.09. The zero-order chi connectivity index (χ0) is 10.0. The lowest BCUT2D eigenvalue weighted by atomic mass is 9.97. The second kappa shape index (κ2) is 4.45. The monoisotopic (exact) mass is 261 g/mol. The highest BCUT2D eigenvalue weighted by atomic mass is 79.9. The Kier molecular flexibility index (Phi) is 3.77. The molecule has 0 spiro atoms. The molecule has 1 aromatic rings. The lowest BCUT2D eigenvalue weighted by molar-refractivity contribution is 0.512. The maximum absolute atomic E-state index is 6.02. The average Bonchev–Trinajstić information content (AvgIpc) is 2.08. The van der Waals surface area contributed by atoms with Crippen molar-refractivity contribution in [1.82, 2.24) is 0 Å². The zero-order valence-corrected chi connectivity index (χ0v) is 10.1. The summed E-state index contributed by atoms with van der Waals surface area (Å²) in [6.45, 7) is 4.19. The van der Waals surface area contributed by atoms with Gasteiger partial charge in [0.2, 0.25) is 0 Å². The third-order valence-electron chi connectivity index (χ3n) is 2.06. The molecule has 2 N–H and O–H groups in total. The van der Waals surface area contributed by atoms with Gasteiger partial charge in [0.1, 0.15) is 0 Å². The summed E-state index contributed by atoms with van der Waals surface area (Å²) < 4.78 is 0.915. The number of hydrogen-bond donors (Lipinski definition) is 1. The van der Waals surface area contributed by atoms with Gasteiger partial charge >= 0.3 is 0 Å². The van der Waals surface area contributed by atoms with E-state index >= 15 is 0 Å². The van der Waals surface area contributed by atoms with Gasteiger partial charge < -0.3 is 5.73 Å². The molecule has 0 aliphatic rings. The minimum absolute atomic E-state index is 0.0353. The van der Waals surface area contributed by atoms with E-state index in [2.05, 4.69) is 29.8 Å². The van der Waals surface area contributed by atoms with Crippen LogP contribution in [0.4, 0.5) is 0 Å². The summed E-state index contributed by atoms with van der Waals surface area (Å²) in [6, 6.07) is 5.81. The van der Waals surface area contributed by atoms with E-state index < -0.39 is 0 Å². The van der Waals surface area contributed by atoms with Crippen LogP contribution in [0.3, 0.4) is 0 Å². The molecule has 0 radical (unpaired) electrons. The Morgan fingerprint density at radius 1 is 1.38 bits per heavy atom. The molecule has 1 rings (SSSR count). The lowest BCUT2D eigenvalue weighted by Gasteiger charge is -2.17. The van der Waals surface area contributed by atoms with Gasteiger partial charge in [-0.1, -0.05) is 37.6 Å². The third-order valence-corrected chi connectivity index (χ3v) is 3.49. The largest absolute Gasteiger partial charge is 0.324 e. The summed E-state index contributed by atoms with van der Waals surface area (Å²) in [5.74, 6) is 0.412. The fraction of sp³-hybridized carbons (Fsp3) is 0.400. The van der Waals surface area contributed by atoms with E-state index in [1.165, 1.54) is 0 Å². The van der Waals surface area contributed by atoms with Crippen molar-refractivity contribution in [2.45, 2.75) is 19.9 Å². The molecular formula is C10H13BrClN. The highest BCUT2D eigenvalue weighted by molar-refractivity contribution is 9.10. The summed E-state index contributed by atoms with van der Waals surface area (Å²) >= 11 is 9.40. The van der Waals surface area contributed by atoms with E-state index in [0.717, 1.165) is 10.0 Å².